The number of nitrogens with zero attached hydrogens (tertiary/aromatic N) is 3. The highest BCUT2D eigenvalue weighted by molar-refractivity contribution is 7.09. The van der Waals surface area contributed by atoms with Crippen molar-refractivity contribution in [3.63, 3.8) is 0 Å². The van der Waals surface area contributed by atoms with Crippen molar-refractivity contribution in [3.8, 4) is 0 Å². The van der Waals surface area contributed by atoms with E-state index in [0.29, 0.717) is 19.5 Å². The number of rotatable bonds is 7. The van der Waals surface area contributed by atoms with Gasteiger partial charge < -0.3 is 4.90 Å². The van der Waals surface area contributed by atoms with Crippen molar-refractivity contribution in [3.05, 3.63) is 74.2 Å². The normalized spacial score (nSPS) is 11.0. The second-order valence-corrected chi connectivity index (χ2v) is 8.17. The third kappa shape index (κ3) is 4.79. The SMILES string of the molecule is Cc1nn(Cc2ccccc2Cl)c(C)c1CN(C)C(=O)CCc1cccs1. The molecule has 0 spiro atoms. The fraction of sp³-hybridized carbons (Fsp3) is 0.333. The molecule has 0 unspecified atom stereocenters. The lowest BCUT2D eigenvalue weighted by molar-refractivity contribution is -0.130. The molecule has 0 saturated heterocycles. The standard InChI is InChI=1S/C21H24ClN3OS/c1-15-19(14-24(3)21(26)11-10-18-8-6-12-27-18)16(2)25(23-15)13-17-7-4-5-9-20(17)22/h4-9,12H,10-11,13-14H2,1-3H3. The summed E-state index contributed by atoms with van der Waals surface area (Å²) < 4.78 is 1.97. The largest absolute Gasteiger partial charge is 0.341 e. The number of benzene rings is 1. The Morgan fingerprint density at radius 2 is 2.00 bits per heavy atom. The van der Waals surface area contributed by atoms with Crippen LogP contribution in [0, 0.1) is 13.8 Å². The summed E-state index contributed by atoms with van der Waals surface area (Å²) in [5.41, 5.74) is 4.17. The number of amides is 1. The minimum Gasteiger partial charge on any atom is -0.341 e. The molecule has 27 heavy (non-hydrogen) atoms. The first-order valence-corrected chi connectivity index (χ1v) is 10.2. The van der Waals surface area contributed by atoms with Crippen LogP contribution in [0.25, 0.3) is 0 Å². The Balaban J connectivity index is 1.67. The third-order valence-electron chi connectivity index (χ3n) is 4.80. The number of thiophene rings is 1. The van der Waals surface area contributed by atoms with Crippen LogP contribution >= 0.6 is 22.9 Å². The van der Waals surface area contributed by atoms with Gasteiger partial charge in [-0.15, -0.1) is 11.3 Å². The van der Waals surface area contributed by atoms with Gasteiger partial charge in [0.1, 0.15) is 0 Å². The van der Waals surface area contributed by atoms with Gasteiger partial charge in [-0.1, -0.05) is 35.9 Å². The molecule has 0 N–H and O–H groups in total. The molecule has 142 valence electrons. The van der Waals surface area contributed by atoms with Gasteiger partial charge in [-0.2, -0.15) is 5.10 Å². The average molecular weight is 402 g/mol. The minimum absolute atomic E-state index is 0.154. The molecule has 0 atom stereocenters. The lowest BCUT2D eigenvalue weighted by Gasteiger charge is -2.17. The molecule has 0 fully saturated rings. The highest BCUT2D eigenvalue weighted by Gasteiger charge is 2.17. The van der Waals surface area contributed by atoms with Crippen molar-refractivity contribution < 1.29 is 4.79 Å². The molecular formula is C21H24ClN3OS. The van der Waals surface area contributed by atoms with Gasteiger partial charge in [0, 0.05) is 41.2 Å². The van der Waals surface area contributed by atoms with E-state index in [1.165, 1.54) is 4.88 Å². The summed E-state index contributed by atoms with van der Waals surface area (Å²) >= 11 is 7.98. The Morgan fingerprint density at radius 3 is 2.70 bits per heavy atom. The van der Waals surface area contributed by atoms with Crippen LogP contribution in [-0.2, 0) is 24.3 Å². The van der Waals surface area contributed by atoms with E-state index in [4.69, 9.17) is 11.6 Å². The molecule has 6 heteroatoms. The Morgan fingerprint density at radius 1 is 1.22 bits per heavy atom. The lowest BCUT2D eigenvalue weighted by Crippen LogP contribution is -2.26. The first-order valence-electron chi connectivity index (χ1n) is 8.98. The molecule has 4 nitrogen and oxygen atoms in total. The summed E-state index contributed by atoms with van der Waals surface area (Å²) in [7, 11) is 1.86. The summed E-state index contributed by atoms with van der Waals surface area (Å²) in [6.45, 7) is 5.25. The number of hydrogen-bond donors (Lipinski definition) is 0. The topological polar surface area (TPSA) is 38.1 Å². The first-order chi connectivity index (χ1) is 13.0. The second-order valence-electron chi connectivity index (χ2n) is 6.73. The zero-order chi connectivity index (χ0) is 19.4. The van der Waals surface area contributed by atoms with Crippen molar-refractivity contribution in [2.75, 3.05) is 7.05 Å². The Labute approximate surface area is 169 Å². The second kappa shape index (κ2) is 8.72. The maximum atomic E-state index is 12.5. The molecule has 0 bridgehead atoms. The summed E-state index contributed by atoms with van der Waals surface area (Å²) in [5, 5.41) is 7.46. The zero-order valence-corrected chi connectivity index (χ0v) is 17.5. The summed E-state index contributed by atoms with van der Waals surface area (Å²) in [4.78, 5) is 15.5. The summed E-state index contributed by atoms with van der Waals surface area (Å²) in [6.07, 6.45) is 1.33. The first kappa shape index (κ1) is 19.6. The molecule has 2 heterocycles. The van der Waals surface area contributed by atoms with Crippen molar-refractivity contribution in [2.45, 2.75) is 39.8 Å². The highest BCUT2D eigenvalue weighted by Crippen LogP contribution is 2.21. The summed E-state index contributed by atoms with van der Waals surface area (Å²) in [6, 6.07) is 11.9. The van der Waals surface area contributed by atoms with Gasteiger partial charge in [0.2, 0.25) is 5.91 Å². The zero-order valence-electron chi connectivity index (χ0n) is 15.9. The quantitative estimate of drug-likeness (QED) is 0.567. The van der Waals surface area contributed by atoms with Gasteiger partial charge in [0.25, 0.3) is 0 Å². The minimum atomic E-state index is 0.154. The summed E-state index contributed by atoms with van der Waals surface area (Å²) in [5.74, 6) is 0.154. The van der Waals surface area contributed by atoms with Crippen LogP contribution in [0.5, 0.6) is 0 Å². The number of aromatic nitrogens is 2. The fourth-order valence-electron chi connectivity index (χ4n) is 3.11. The van der Waals surface area contributed by atoms with E-state index in [1.54, 1.807) is 16.2 Å². The molecule has 2 aromatic heterocycles. The Hall–Kier alpha value is -2.11. The van der Waals surface area contributed by atoms with Gasteiger partial charge in [-0.3, -0.25) is 9.48 Å². The number of carbonyl (C=O) groups excluding carboxylic acids is 1. The number of hydrogen-bond acceptors (Lipinski definition) is 3. The van der Waals surface area contributed by atoms with Gasteiger partial charge in [-0.05, 0) is 43.3 Å². The molecule has 0 radical (unpaired) electrons. The molecule has 0 aliphatic rings. The van der Waals surface area contributed by atoms with E-state index in [0.717, 1.165) is 34.0 Å². The van der Waals surface area contributed by atoms with E-state index in [2.05, 4.69) is 18.1 Å². The molecular weight excluding hydrogens is 378 g/mol. The van der Waals surface area contributed by atoms with E-state index in [1.807, 2.05) is 54.4 Å². The van der Waals surface area contributed by atoms with Crippen LogP contribution in [0.2, 0.25) is 5.02 Å². The van der Waals surface area contributed by atoms with Crippen molar-refractivity contribution in [1.82, 2.24) is 14.7 Å². The van der Waals surface area contributed by atoms with Crippen LogP contribution in [0.1, 0.15) is 33.8 Å². The van der Waals surface area contributed by atoms with Gasteiger partial charge >= 0.3 is 0 Å². The highest BCUT2D eigenvalue weighted by atomic mass is 35.5. The maximum Gasteiger partial charge on any atom is 0.222 e. The average Bonchev–Trinajstić information content (AvgIpc) is 3.25. The maximum absolute atomic E-state index is 12.5. The molecule has 1 aromatic carbocycles. The number of aryl methyl sites for hydroxylation is 2. The predicted molar refractivity (Wildman–Crippen MR) is 111 cm³/mol. The van der Waals surface area contributed by atoms with Crippen LogP contribution in [0.3, 0.4) is 0 Å². The van der Waals surface area contributed by atoms with Gasteiger partial charge in [0.05, 0.1) is 12.2 Å². The molecule has 0 saturated carbocycles. The van der Waals surface area contributed by atoms with E-state index < -0.39 is 0 Å². The van der Waals surface area contributed by atoms with Crippen LogP contribution in [0.4, 0.5) is 0 Å². The van der Waals surface area contributed by atoms with E-state index in [9.17, 15) is 4.79 Å². The van der Waals surface area contributed by atoms with Crippen LogP contribution in [0.15, 0.2) is 41.8 Å². The molecule has 3 aromatic rings. The van der Waals surface area contributed by atoms with Gasteiger partial charge in [-0.25, -0.2) is 0 Å². The molecule has 3 rings (SSSR count). The van der Waals surface area contributed by atoms with Crippen LogP contribution in [-0.4, -0.2) is 27.6 Å². The molecule has 0 aliphatic heterocycles. The third-order valence-corrected chi connectivity index (χ3v) is 6.10. The van der Waals surface area contributed by atoms with Crippen molar-refractivity contribution in [2.24, 2.45) is 0 Å². The lowest BCUT2D eigenvalue weighted by atomic mass is 10.1. The monoisotopic (exact) mass is 401 g/mol. The predicted octanol–water partition coefficient (Wildman–Crippen LogP) is 4.85. The van der Waals surface area contributed by atoms with Crippen LogP contribution < -0.4 is 0 Å². The smallest absolute Gasteiger partial charge is 0.222 e. The van der Waals surface area contributed by atoms with Crippen molar-refractivity contribution >= 4 is 28.8 Å². The van der Waals surface area contributed by atoms with E-state index in [-0.39, 0.29) is 5.91 Å². The molecule has 1 amide bonds. The van der Waals surface area contributed by atoms with Crippen molar-refractivity contribution in [1.29, 1.82) is 0 Å². The van der Waals surface area contributed by atoms with Gasteiger partial charge in [0.15, 0.2) is 0 Å². The Bertz CT molecular complexity index is 918. The molecule has 0 aliphatic carbocycles. The number of carbonyl (C=O) groups is 1. The fourth-order valence-corrected chi connectivity index (χ4v) is 4.01. The number of halogens is 1. The Kier molecular flexibility index (Phi) is 6.34. The van der Waals surface area contributed by atoms with E-state index >= 15 is 0 Å².